The van der Waals surface area contributed by atoms with Crippen LogP contribution in [0.1, 0.15) is 32.0 Å². The quantitative estimate of drug-likeness (QED) is 0.385. The van der Waals surface area contributed by atoms with Crippen LogP contribution in [0.4, 0.5) is 0 Å². The highest BCUT2D eigenvalue weighted by atomic mass is 32.1. The number of rotatable bonds is 6. The van der Waals surface area contributed by atoms with Crippen molar-refractivity contribution in [1.82, 2.24) is 19.5 Å². The molecule has 4 aromatic rings. The number of phenolic OH excluding ortho intramolecular Hbond substituents is 1. The summed E-state index contributed by atoms with van der Waals surface area (Å²) in [6.07, 6.45) is -0.238. The number of ether oxygens (including phenoxy) is 2. The lowest BCUT2D eigenvalue weighted by atomic mass is 10.0. The summed E-state index contributed by atoms with van der Waals surface area (Å²) in [5, 5.41) is 16.0. The van der Waals surface area contributed by atoms with E-state index in [0.29, 0.717) is 65.0 Å². The third kappa shape index (κ3) is 4.83. The summed E-state index contributed by atoms with van der Waals surface area (Å²) in [6, 6.07) is 9.71. The second-order valence-electron chi connectivity index (χ2n) is 8.60. The summed E-state index contributed by atoms with van der Waals surface area (Å²) in [7, 11) is 1.52. The second-order valence-corrected chi connectivity index (χ2v) is 9.44. The number of fused-ring (bicyclic) bond motifs is 1. The number of benzene rings is 2. The Bertz CT molecular complexity index is 1570. The average Bonchev–Trinajstić information content (AvgIpc) is 3.32. The van der Waals surface area contributed by atoms with Crippen LogP contribution in [0.5, 0.6) is 11.5 Å². The van der Waals surface area contributed by atoms with Gasteiger partial charge >= 0.3 is 0 Å². The molecule has 5 rings (SSSR count). The van der Waals surface area contributed by atoms with Crippen molar-refractivity contribution < 1.29 is 24.2 Å². The van der Waals surface area contributed by atoms with Crippen molar-refractivity contribution >= 4 is 28.0 Å². The Morgan fingerprint density at radius 3 is 2.62 bits per heavy atom. The topological polar surface area (TPSA) is 123 Å². The zero-order valence-corrected chi connectivity index (χ0v) is 21.1. The molecule has 1 aliphatic rings. The molecule has 0 radical (unpaired) electrons. The van der Waals surface area contributed by atoms with E-state index in [1.165, 1.54) is 35.1 Å². The molecule has 1 fully saturated rings. The van der Waals surface area contributed by atoms with Gasteiger partial charge in [-0.1, -0.05) is 0 Å². The van der Waals surface area contributed by atoms with Gasteiger partial charge in [-0.25, -0.2) is 4.52 Å². The van der Waals surface area contributed by atoms with Crippen molar-refractivity contribution in [3.63, 3.8) is 0 Å². The maximum Gasteiger partial charge on any atom is 0.296 e. The molecule has 190 valence electrons. The summed E-state index contributed by atoms with van der Waals surface area (Å²) in [5.74, 6) is 0.149. The maximum atomic E-state index is 12.9. The number of phenols is 1. The van der Waals surface area contributed by atoms with Crippen LogP contribution in [-0.2, 0) is 11.2 Å². The number of hydrogen-bond acceptors (Lipinski definition) is 9. The zero-order chi connectivity index (χ0) is 26.1. The highest BCUT2D eigenvalue weighted by Gasteiger charge is 2.22. The molecule has 1 saturated heterocycles. The molecule has 0 unspecified atom stereocenters. The van der Waals surface area contributed by atoms with Gasteiger partial charge in [0.15, 0.2) is 5.78 Å². The summed E-state index contributed by atoms with van der Waals surface area (Å²) in [4.78, 5) is 44.6. The van der Waals surface area contributed by atoms with Crippen molar-refractivity contribution in [3.05, 3.63) is 74.5 Å². The number of carbonyl (C=O) groups excluding carboxylic acids is 2. The molecule has 11 heteroatoms. The molecule has 1 amide bonds. The molecule has 0 bridgehead atoms. The van der Waals surface area contributed by atoms with Gasteiger partial charge < -0.3 is 19.5 Å². The van der Waals surface area contributed by atoms with E-state index in [0.717, 1.165) is 0 Å². The lowest BCUT2D eigenvalue weighted by molar-refractivity contribution is 0.0302. The Morgan fingerprint density at radius 2 is 1.89 bits per heavy atom. The number of amides is 1. The van der Waals surface area contributed by atoms with Gasteiger partial charge in [0.05, 0.1) is 32.4 Å². The van der Waals surface area contributed by atoms with Crippen molar-refractivity contribution in [3.8, 4) is 22.8 Å². The molecular formula is C26H24N4O6S. The smallest absolute Gasteiger partial charge is 0.296 e. The Kier molecular flexibility index (Phi) is 6.72. The fourth-order valence-corrected chi connectivity index (χ4v) is 4.97. The van der Waals surface area contributed by atoms with Gasteiger partial charge in [-0.3, -0.25) is 14.4 Å². The number of morpholine rings is 1. The number of methoxy groups -OCH3 is 1. The Hall–Kier alpha value is -4.09. The molecule has 37 heavy (non-hydrogen) atoms. The second kappa shape index (κ2) is 10.1. The molecule has 2 aromatic carbocycles. The number of ketones is 1. The van der Waals surface area contributed by atoms with Gasteiger partial charge in [-0.15, -0.1) is 11.3 Å². The lowest BCUT2D eigenvalue weighted by Gasteiger charge is -2.27. The average molecular weight is 521 g/mol. The van der Waals surface area contributed by atoms with Crippen LogP contribution in [-0.4, -0.2) is 69.7 Å². The van der Waals surface area contributed by atoms with Crippen LogP contribution in [0, 0.1) is 6.92 Å². The SMILES string of the molecule is COc1cc(C(=O)N2CCOCC2)ccc1-c1csc2nc(=O)c(CC(=O)c3ccc(O)c(C)c3)nn12. The van der Waals surface area contributed by atoms with Gasteiger partial charge in [0.1, 0.15) is 17.2 Å². The molecule has 10 nitrogen and oxygen atoms in total. The Labute approximate surface area is 215 Å². The van der Waals surface area contributed by atoms with Gasteiger partial charge in [0.2, 0.25) is 4.96 Å². The van der Waals surface area contributed by atoms with E-state index in [2.05, 4.69) is 10.1 Å². The minimum atomic E-state index is -0.573. The maximum absolute atomic E-state index is 12.9. The summed E-state index contributed by atoms with van der Waals surface area (Å²) >= 11 is 1.23. The standard InChI is InChI=1S/C26H24N4O6S/c1-15-11-16(4-6-21(15)31)22(32)13-19-24(33)27-26-30(28-19)20(14-37-26)18-5-3-17(12-23(18)35-2)25(34)29-7-9-36-10-8-29/h3-6,11-12,14,31H,7-10,13H2,1-2H3. The molecule has 0 atom stereocenters. The van der Waals surface area contributed by atoms with E-state index in [1.54, 1.807) is 41.5 Å². The predicted octanol–water partition coefficient (Wildman–Crippen LogP) is 2.74. The Morgan fingerprint density at radius 1 is 1.14 bits per heavy atom. The fraction of sp³-hybridized carbons (Fsp3) is 0.269. The molecule has 1 aliphatic heterocycles. The zero-order valence-electron chi connectivity index (χ0n) is 20.3. The fourth-order valence-electron chi connectivity index (χ4n) is 4.15. The first-order valence-electron chi connectivity index (χ1n) is 11.6. The highest BCUT2D eigenvalue weighted by molar-refractivity contribution is 7.15. The van der Waals surface area contributed by atoms with Gasteiger partial charge in [0, 0.05) is 35.2 Å². The van der Waals surface area contributed by atoms with E-state index < -0.39 is 5.56 Å². The van der Waals surface area contributed by atoms with Crippen molar-refractivity contribution in [2.24, 2.45) is 0 Å². The monoisotopic (exact) mass is 520 g/mol. The van der Waals surface area contributed by atoms with Crippen molar-refractivity contribution in [1.29, 1.82) is 0 Å². The van der Waals surface area contributed by atoms with Gasteiger partial charge in [0.25, 0.3) is 11.5 Å². The molecular weight excluding hydrogens is 496 g/mol. The van der Waals surface area contributed by atoms with E-state index >= 15 is 0 Å². The highest BCUT2D eigenvalue weighted by Crippen LogP contribution is 2.33. The van der Waals surface area contributed by atoms with E-state index in [-0.39, 0.29) is 29.6 Å². The van der Waals surface area contributed by atoms with Crippen LogP contribution >= 0.6 is 11.3 Å². The predicted molar refractivity (Wildman–Crippen MR) is 137 cm³/mol. The largest absolute Gasteiger partial charge is 0.508 e. The van der Waals surface area contributed by atoms with E-state index in [9.17, 15) is 19.5 Å². The van der Waals surface area contributed by atoms with Gasteiger partial charge in [-0.05, 0) is 48.9 Å². The molecule has 2 aromatic heterocycles. The molecule has 0 saturated carbocycles. The number of nitrogens with zero attached hydrogens (tertiary/aromatic N) is 4. The summed E-state index contributed by atoms with van der Waals surface area (Å²) in [6.45, 7) is 3.78. The molecule has 3 heterocycles. The summed E-state index contributed by atoms with van der Waals surface area (Å²) in [5.41, 5.74) is 2.14. The minimum Gasteiger partial charge on any atom is -0.508 e. The minimum absolute atomic E-state index is 0.00552. The molecule has 1 N–H and O–H groups in total. The first-order chi connectivity index (χ1) is 17.9. The normalized spacial score (nSPS) is 13.6. The third-order valence-corrected chi connectivity index (χ3v) is 7.04. The number of aromatic hydroxyl groups is 1. The van der Waals surface area contributed by atoms with Crippen LogP contribution in [0.3, 0.4) is 0 Å². The van der Waals surface area contributed by atoms with Crippen LogP contribution in [0.15, 0.2) is 46.6 Å². The molecule has 0 spiro atoms. The van der Waals surface area contributed by atoms with Crippen LogP contribution in [0.25, 0.3) is 16.2 Å². The number of Topliss-reactive ketones (excluding diaryl/α,β-unsaturated/α-hetero) is 1. The van der Waals surface area contributed by atoms with E-state index in [4.69, 9.17) is 9.47 Å². The van der Waals surface area contributed by atoms with E-state index in [1.807, 2.05) is 0 Å². The summed E-state index contributed by atoms with van der Waals surface area (Å²) < 4.78 is 12.4. The van der Waals surface area contributed by atoms with Crippen molar-refractivity contribution in [2.75, 3.05) is 33.4 Å². The third-order valence-electron chi connectivity index (χ3n) is 6.22. The van der Waals surface area contributed by atoms with Gasteiger partial charge in [-0.2, -0.15) is 10.1 Å². The first-order valence-corrected chi connectivity index (χ1v) is 12.5. The van der Waals surface area contributed by atoms with Crippen LogP contribution in [0.2, 0.25) is 0 Å². The Balaban J connectivity index is 1.48. The first kappa shape index (κ1) is 24.6. The van der Waals surface area contributed by atoms with Crippen LogP contribution < -0.4 is 10.3 Å². The number of aromatic nitrogens is 3. The number of thiazole rings is 1. The number of aryl methyl sites for hydroxylation is 1. The number of hydrogen-bond donors (Lipinski definition) is 1. The number of carbonyl (C=O) groups is 2. The lowest BCUT2D eigenvalue weighted by Crippen LogP contribution is -2.40. The molecule has 0 aliphatic carbocycles. The van der Waals surface area contributed by atoms with Crippen molar-refractivity contribution in [2.45, 2.75) is 13.3 Å².